The molecule has 0 saturated carbocycles. The summed E-state index contributed by atoms with van der Waals surface area (Å²) in [6, 6.07) is 3.78. The van der Waals surface area contributed by atoms with Gasteiger partial charge in [0.1, 0.15) is 11.6 Å². The number of benzene rings is 1. The van der Waals surface area contributed by atoms with E-state index in [0.717, 1.165) is 38.4 Å². The Hall–Kier alpha value is -2.61. The Morgan fingerprint density at radius 3 is 2.52 bits per heavy atom. The molecule has 4 rings (SSSR count). The second-order valence-electron chi connectivity index (χ2n) is 8.13. The number of oxazole rings is 1. The summed E-state index contributed by atoms with van der Waals surface area (Å²) < 4.78 is 19.8. The second-order valence-corrected chi connectivity index (χ2v) is 8.56. The zero-order valence-corrected chi connectivity index (χ0v) is 18.3. The first-order valence-corrected chi connectivity index (χ1v) is 11.1. The van der Waals surface area contributed by atoms with Crippen molar-refractivity contribution in [2.45, 2.75) is 44.9 Å². The molecule has 0 bridgehead atoms. The highest BCUT2D eigenvalue weighted by Gasteiger charge is 2.30. The van der Waals surface area contributed by atoms with E-state index in [4.69, 9.17) is 16.0 Å². The molecule has 0 aliphatic carbocycles. The van der Waals surface area contributed by atoms with Crippen molar-refractivity contribution in [1.29, 1.82) is 0 Å². The number of likely N-dealkylation sites (tertiary alicyclic amines) is 2. The normalized spacial score (nSPS) is 17.6. The minimum atomic E-state index is -0.572. The molecule has 1 N–H and O–H groups in total. The van der Waals surface area contributed by atoms with Gasteiger partial charge in [0.2, 0.25) is 0 Å². The number of carbonyl (C=O) groups is 2. The van der Waals surface area contributed by atoms with Crippen LogP contribution in [0.5, 0.6) is 0 Å². The van der Waals surface area contributed by atoms with Crippen LogP contribution in [0.3, 0.4) is 0 Å². The molecule has 0 unspecified atom stereocenters. The van der Waals surface area contributed by atoms with Gasteiger partial charge in [0.05, 0.1) is 5.69 Å². The number of piperidine rings is 2. The van der Waals surface area contributed by atoms with Crippen LogP contribution >= 0.6 is 11.6 Å². The van der Waals surface area contributed by atoms with Crippen LogP contribution < -0.4 is 5.32 Å². The molecule has 31 heavy (non-hydrogen) atoms. The van der Waals surface area contributed by atoms with Gasteiger partial charge in [-0.3, -0.25) is 4.79 Å². The van der Waals surface area contributed by atoms with Crippen LogP contribution in [-0.2, 0) is 0 Å². The lowest BCUT2D eigenvalue weighted by atomic mass is 9.97. The lowest BCUT2D eigenvalue weighted by molar-refractivity contribution is 0.0717. The Morgan fingerprint density at radius 2 is 1.84 bits per heavy atom. The van der Waals surface area contributed by atoms with Crippen molar-refractivity contribution in [3.63, 3.8) is 0 Å². The van der Waals surface area contributed by atoms with E-state index in [1.54, 1.807) is 11.8 Å². The number of nitrogens with one attached hydrogen (secondary N) is 1. The summed E-state index contributed by atoms with van der Waals surface area (Å²) in [4.78, 5) is 33.3. The average molecular weight is 449 g/mol. The van der Waals surface area contributed by atoms with E-state index in [9.17, 15) is 14.0 Å². The van der Waals surface area contributed by atoms with Crippen LogP contribution in [0.15, 0.2) is 22.6 Å². The molecule has 0 radical (unpaired) electrons. The lowest BCUT2D eigenvalue weighted by Crippen LogP contribution is -2.40. The lowest BCUT2D eigenvalue weighted by Gasteiger charge is -2.30. The molecule has 0 spiro atoms. The summed E-state index contributed by atoms with van der Waals surface area (Å²) in [5.74, 6) is 0.509. The van der Waals surface area contributed by atoms with Gasteiger partial charge in [0.25, 0.3) is 5.91 Å². The van der Waals surface area contributed by atoms with Crippen LogP contribution in [0, 0.1) is 12.7 Å². The number of hydrogen-bond acceptors (Lipinski definition) is 4. The number of nitrogens with zero attached hydrogens (tertiary/aromatic N) is 3. The minimum absolute atomic E-state index is 0.0397. The first-order valence-electron chi connectivity index (χ1n) is 10.7. The third kappa shape index (κ3) is 4.84. The van der Waals surface area contributed by atoms with Gasteiger partial charge in [0, 0.05) is 37.1 Å². The summed E-state index contributed by atoms with van der Waals surface area (Å²) in [7, 11) is 0. The summed E-state index contributed by atoms with van der Waals surface area (Å²) in [5, 5.41) is 2.86. The van der Waals surface area contributed by atoms with Crippen LogP contribution in [0.2, 0.25) is 5.02 Å². The van der Waals surface area contributed by atoms with Crippen molar-refractivity contribution in [2.24, 2.45) is 0 Å². The number of aryl methyl sites for hydroxylation is 1. The van der Waals surface area contributed by atoms with Crippen LogP contribution in [0.25, 0.3) is 0 Å². The van der Waals surface area contributed by atoms with Gasteiger partial charge in [-0.25, -0.2) is 14.2 Å². The molecule has 9 heteroatoms. The third-order valence-corrected chi connectivity index (χ3v) is 6.20. The largest absolute Gasteiger partial charge is 0.445 e. The zero-order chi connectivity index (χ0) is 22.0. The van der Waals surface area contributed by atoms with Gasteiger partial charge in [-0.15, -0.1) is 0 Å². The highest BCUT2D eigenvalue weighted by Crippen LogP contribution is 2.30. The number of urea groups is 1. The van der Waals surface area contributed by atoms with Crippen molar-refractivity contribution in [3.05, 3.63) is 46.4 Å². The minimum Gasteiger partial charge on any atom is -0.445 e. The molecule has 7 nitrogen and oxygen atoms in total. The number of aromatic nitrogens is 1. The molecule has 3 heterocycles. The molecule has 0 atom stereocenters. The maximum absolute atomic E-state index is 13.9. The molecule has 3 amide bonds. The van der Waals surface area contributed by atoms with Gasteiger partial charge >= 0.3 is 6.03 Å². The fraction of sp³-hybridized carbons (Fsp3) is 0.500. The molecule has 2 saturated heterocycles. The van der Waals surface area contributed by atoms with Gasteiger partial charge in [0.15, 0.2) is 11.6 Å². The maximum atomic E-state index is 13.9. The van der Waals surface area contributed by atoms with Crippen molar-refractivity contribution in [2.75, 3.05) is 31.5 Å². The van der Waals surface area contributed by atoms with E-state index in [1.807, 2.05) is 4.90 Å². The number of anilines is 1. The molecule has 2 aromatic rings. The van der Waals surface area contributed by atoms with Crippen LogP contribution in [-0.4, -0.2) is 52.9 Å². The molecule has 166 valence electrons. The van der Waals surface area contributed by atoms with Crippen LogP contribution in [0.1, 0.15) is 60.2 Å². The number of halogens is 2. The predicted octanol–water partition coefficient (Wildman–Crippen LogP) is 4.81. The third-order valence-electron chi connectivity index (χ3n) is 5.96. The smallest absolute Gasteiger partial charge is 0.321 e. The number of rotatable bonds is 3. The summed E-state index contributed by atoms with van der Waals surface area (Å²) in [5.41, 5.74) is 0.496. The average Bonchev–Trinajstić information content (AvgIpc) is 3.17. The van der Waals surface area contributed by atoms with Crippen molar-refractivity contribution in [1.82, 2.24) is 14.8 Å². The SMILES string of the molecule is Cc1oc(C2CCN(C(=O)Nc3ccc(Cl)cc3F)CC2)nc1C(=O)N1CCCCC1. The standard InChI is InChI=1S/C22H26ClFN4O3/c1-14-19(21(29)27-9-3-2-4-10-27)26-20(31-14)15-7-11-28(12-8-15)22(30)25-18-6-5-16(23)13-17(18)24/h5-6,13,15H,2-4,7-12H2,1H3,(H,25,30). The van der Waals surface area contributed by atoms with E-state index in [0.29, 0.717) is 43.3 Å². The highest BCUT2D eigenvalue weighted by molar-refractivity contribution is 6.30. The van der Waals surface area contributed by atoms with Crippen molar-refractivity contribution in [3.8, 4) is 0 Å². The molecule has 1 aromatic heterocycles. The molecule has 2 fully saturated rings. The summed E-state index contributed by atoms with van der Waals surface area (Å²) >= 11 is 5.75. The first-order chi connectivity index (χ1) is 14.9. The zero-order valence-electron chi connectivity index (χ0n) is 17.5. The van der Waals surface area contributed by atoms with Gasteiger partial charge in [-0.2, -0.15) is 0 Å². The Morgan fingerprint density at radius 1 is 1.13 bits per heavy atom. The van der Waals surface area contributed by atoms with E-state index >= 15 is 0 Å². The summed E-state index contributed by atoms with van der Waals surface area (Å²) in [6.45, 7) is 4.28. The Balaban J connectivity index is 1.35. The topological polar surface area (TPSA) is 78.7 Å². The van der Waals surface area contributed by atoms with E-state index in [2.05, 4.69) is 10.3 Å². The molecular formula is C22H26ClFN4O3. The monoisotopic (exact) mass is 448 g/mol. The molecule has 2 aliphatic rings. The van der Waals surface area contributed by atoms with Gasteiger partial charge < -0.3 is 19.5 Å². The Bertz CT molecular complexity index is 966. The van der Waals surface area contributed by atoms with Crippen LogP contribution in [0.4, 0.5) is 14.9 Å². The summed E-state index contributed by atoms with van der Waals surface area (Å²) in [6.07, 6.45) is 4.52. The molecule has 1 aromatic carbocycles. The fourth-order valence-electron chi connectivity index (χ4n) is 4.15. The number of amides is 3. The van der Waals surface area contributed by atoms with E-state index in [-0.39, 0.29) is 28.6 Å². The van der Waals surface area contributed by atoms with Gasteiger partial charge in [-0.05, 0) is 57.2 Å². The Labute approximate surface area is 185 Å². The van der Waals surface area contributed by atoms with E-state index < -0.39 is 5.82 Å². The number of carbonyl (C=O) groups excluding carboxylic acids is 2. The molecular weight excluding hydrogens is 423 g/mol. The maximum Gasteiger partial charge on any atom is 0.321 e. The highest BCUT2D eigenvalue weighted by atomic mass is 35.5. The fourth-order valence-corrected chi connectivity index (χ4v) is 4.31. The predicted molar refractivity (Wildman–Crippen MR) is 115 cm³/mol. The first kappa shape index (κ1) is 21.6. The Kier molecular flexibility index (Phi) is 6.46. The number of hydrogen-bond donors (Lipinski definition) is 1. The van der Waals surface area contributed by atoms with Crippen molar-refractivity contribution < 1.29 is 18.4 Å². The van der Waals surface area contributed by atoms with E-state index in [1.165, 1.54) is 12.1 Å². The quantitative estimate of drug-likeness (QED) is 0.730. The molecule has 2 aliphatic heterocycles. The second kappa shape index (κ2) is 9.26. The van der Waals surface area contributed by atoms with Crippen molar-refractivity contribution >= 4 is 29.2 Å². The van der Waals surface area contributed by atoms with Gasteiger partial charge in [-0.1, -0.05) is 11.6 Å².